The molecule has 0 bridgehead atoms. The lowest BCUT2D eigenvalue weighted by molar-refractivity contribution is 0.0976. The second-order valence-electron chi connectivity index (χ2n) is 8.03. The zero-order chi connectivity index (χ0) is 30.2. The maximum Gasteiger partial charge on any atom is 0.256 e. The minimum absolute atomic E-state index is 0.0273. The van der Waals surface area contributed by atoms with Crippen LogP contribution in [0.4, 0.5) is 14.5 Å². The number of carbonyl (C=O) groups excluding carboxylic acids is 1. The second-order valence-corrected chi connectivity index (χ2v) is 8.03. The van der Waals surface area contributed by atoms with Crippen LogP contribution in [0.5, 0.6) is 0 Å². The smallest absolute Gasteiger partial charge is 0.256 e. The number of allylic oxidation sites excluding steroid dienone is 5. The van der Waals surface area contributed by atoms with Crippen molar-refractivity contribution in [3.05, 3.63) is 108 Å². The van der Waals surface area contributed by atoms with Crippen molar-refractivity contribution in [3.63, 3.8) is 0 Å². The number of rotatable bonds is 8. The third kappa shape index (κ3) is 8.94. The Morgan fingerprint density at radius 1 is 1.12 bits per heavy atom. The maximum absolute atomic E-state index is 15.2. The number of aromatic nitrogens is 2. The Labute approximate surface area is 239 Å². The number of para-hydroxylation sites is 1. The van der Waals surface area contributed by atoms with Gasteiger partial charge in [0.05, 0.1) is 32.1 Å². The largest absolute Gasteiger partial charge is 0.500 e. The third-order valence-corrected chi connectivity index (χ3v) is 5.57. The summed E-state index contributed by atoms with van der Waals surface area (Å²) >= 11 is 0. The summed E-state index contributed by atoms with van der Waals surface area (Å²) in [4.78, 5) is 12.7. The SMILES string of the molecule is CC.CF.COC1=C(c2nnc(C(F)c3ccc(C(=O)N/C(CN)=N/N(C)c4ccccc4)cc3)o2)C=CC=CC1. The van der Waals surface area contributed by atoms with E-state index in [4.69, 9.17) is 14.9 Å². The number of nitrogens with one attached hydrogen (secondary N) is 1. The number of hydrazone groups is 1. The summed E-state index contributed by atoms with van der Waals surface area (Å²) in [5, 5.41) is 16.5. The Morgan fingerprint density at radius 2 is 1.80 bits per heavy atom. The standard InChI is InChI=1S/C27H27FN6O3.C2H6.CH3F/c1-34(20-9-5-3-6-10-20)33-23(17-29)30-25(35)19-15-13-18(14-16-19)24(28)27-32-31-26(37-27)21-11-7-4-8-12-22(21)36-2;2*1-2/h3-11,13-16,24H,12,17,29H2,1-2H3,(H,30,33,35);1-2H3;1H3. The van der Waals surface area contributed by atoms with Crippen molar-refractivity contribution >= 4 is 23.0 Å². The van der Waals surface area contributed by atoms with E-state index < -0.39 is 12.1 Å². The van der Waals surface area contributed by atoms with Gasteiger partial charge >= 0.3 is 0 Å². The van der Waals surface area contributed by atoms with Gasteiger partial charge in [0.1, 0.15) is 11.6 Å². The fraction of sp³-hybridized carbons (Fsp3) is 0.267. The molecule has 0 saturated heterocycles. The highest BCUT2D eigenvalue weighted by atomic mass is 19.1. The molecule has 11 heteroatoms. The number of anilines is 1. The van der Waals surface area contributed by atoms with Gasteiger partial charge in [0.2, 0.25) is 6.17 Å². The number of nitrogens with zero attached hydrogens (tertiary/aromatic N) is 4. The van der Waals surface area contributed by atoms with Crippen LogP contribution in [-0.2, 0) is 4.74 Å². The first kappa shape index (κ1) is 32.6. The van der Waals surface area contributed by atoms with Crippen molar-refractivity contribution < 1.29 is 22.7 Å². The average molecular weight is 567 g/mol. The van der Waals surface area contributed by atoms with E-state index in [2.05, 4.69) is 20.6 Å². The molecule has 0 fully saturated rings. The lowest BCUT2D eigenvalue weighted by Gasteiger charge is -2.15. The number of methoxy groups -OCH3 is 1. The number of benzene rings is 2. The quantitative estimate of drug-likeness (QED) is 0.202. The average Bonchev–Trinajstić information content (AvgIpc) is 3.40. The molecule has 0 aliphatic heterocycles. The molecule has 4 rings (SSSR count). The Balaban J connectivity index is 0.00000141. The van der Waals surface area contributed by atoms with Crippen molar-refractivity contribution in [1.82, 2.24) is 15.5 Å². The molecule has 1 aromatic heterocycles. The third-order valence-electron chi connectivity index (χ3n) is 5.57. The Kier molecular flexibility index (Phi) is 13.6. The van der Waals surface area contributed by atoms with Gasteiger partial charge in [0.15, 0.2) is 0 Å². The predicted octanol–water partition coefficient (Wildman–Crippen LogP) is 5.75. The Bertz CT molecular complexity index is 1350. The van der Waals surface area contributed by atoms with Gasteiger partial charge in [0, 0.05) is 19.0 Å². The van der Waals surface area contributed by atoms with Gasteiger partial charge in [-0.1, -0.05) is 62.4 Å². The summed E-state index contributed by atoms with van der Waals surface area (Å²) in [6, 6.07) is 15.4. The topological polar surface area (TPSA) is 119 Å². The number of hydrogen-bond donors (Lipinski definition) is 2. The van der Waals surface area contributed by atoms with Gasteiger partial charge in [-0.05, 0) is 35.9 Å². The highest BCUT2D eigenvalue weighted by Gasteiger charge is 2.23. The highest BCUT2D eigenvalue weighted by Crippen LogP contribution is 2.29. The minimum atomic E-state index is -1.67. The summed E-state index contributed by atoms with van der Waals surface area (Å²) in [5.41, 5.74) is 7.79. The van der Waals surface area contributed by atoms with Crippen LogP contribution >= 0.6 is 0 Å². The second kappa shape index (κ2) is 17.1. The molecule has 1 aliphatic carbocycles. The van der Waals surface area contributed by atoms with E-state index in [0.29, 0.717) is 30.5 Å². The van der Waals surface area contributed by atoms with Gasteiger partial charge in [-0.25, -0.2) is 4.39 Å². The Hall–Kier alpha value is -4.64. The molecule has 2 aromatic carbocycles. The van der Waals surface area contributed by atoms with Crippen molar-refractivity contribution in [3.8, 4) is 0 Å². The van der Waals surface area contributed by atoms with E-state index >= 15 is 4.39 Å². The molecule has 0 spiro atoms. The summed E-state index contributed by atoms with van der Waals surface area (Å²) in [6.07, 6.45) is 6.29. The number of alkyl halides is 2. The molecule has 41 heavy (non-hydrogen) atoms. The van der Waals surface area contributed by atoms with E-state index in [1.54, 1.807) is 25.2 Å². The van der Waals surface area contributed by atoms with E-state index in [0.717, 1.165) is 5.69 Å². The van der Waals surface area contributed by atoms with E-state index in [-0.39, 0.29) is 29.7 Å². The molecule has 1 atom stereocenters. The number of halogens is 2. The summed E-state index contributed by atoms with van der Waals surface area (Å²) in [7, 11) is 3.81. The fourth-order valence-electron chi connectivity index (χ4n) is 3.59. The highest BCUT2D eigenvalue weighted by molar-refractivity contribution is 6.07. The molecule has 1 unspecified atom stereocenters. The summed E-state index contributed by atoms with van der Waals surface area (Å²) in [6.45, 7) is 4.03. The number of ether oxygens (including phenoxy) is 1. The van der Waals surface area contributed by atoms with Crippen LogP contribution in [0.3, 0.4) is 0 Å². The lowest BCUT2D eigenvalue weighted by Crippen LogP contribution is -2.37. The van der Waals surface area contributed by atoms with Gasteiger partial charge in [0.25, 0.3) is 17.7 Å². The van der Waals surface area contributed by atoms with Crippen LogP contribution in [0.2, 0.25) is 0 Å². The van der Waals surface area contributed by atoms with Crippen LogP contribution < -0.4 is 16.1 Å². The fourth-order valence-corrected chi connectivity index (χ4v) is 3.59. The van der Waals surface area contributed by atoms with Gasteiger partial charge in [-0.3, -0.25) is 14.2 Å². The van der Waals surface area contributed by atoms with E-state index in [1.807, 2.05) is 62.4 Å². The molecular formula is C30H36F2N6O3. The minimum Gasteiger partial charge on any atom is -0.500 e. The Morgan fingerprint density at radius 3 is 2.44 bits per heavy atom. The first-order valence-electron chi connectivity index (χ1n) is 12.9. The molecule has 1 heterocycles. The van der Waals surface area contributed by atoms with E-state index in [9.17, 15) is 9.18 Å². The molecule has 0 radical (unpaired) electrons. The van der Waals surface area contributed by atoms with Crippen molar-refractivity contribution in [2.45, 2.75) is 26.4 Å². The number of amides is 1. The number of nitrogens with two attached hydrogens (primary N) is 1. The first-order chi connectivity index (χ1) is 20.0. The van der Waals surface area contributed by atoms with Crippen LogP contribution in [0.15, 0.2) is 94.2 Å². The number of amidine groups is 1. The van der Waals surface area contributed by atoms with Gasteiger partial charge < -0.3 is 20.2 Å². The van der Waals surface area contributed by atoms with Crippen LogP contribution in [0.25, 0.3) is 5.57 Å². The van der Waals surface area contributed by atoms with Crippen molar-refractivity contribution in [1.29, 1.82) is 0 Å². The molecule has 1 amide bonds. The molecule has 0 saturated carbocycles. The maximum atomic E-state index is 15.2. The zero-order valence-electron chi connectivity index (χ0n) is 23.8. The van der Waals surface area contributed by atoms with Crippen LogP contribution in [0.1, 0.15) is 54.1 Å². The van der Waals surface area contributed by atoms with Crippen LogP contribution in [0, 0.1) is 0 Å². The van der Waals surface area contributed by atoms with Crippen LogP contribution in [-0.4, -0.2) is 49.8 Å². The molecule has 1 aliphatic rings. The molecule has 9 nitrogen and oxygen atoms in total. The monoisotopic (exact) mass is 566 g/mol. The predicted molar refractivity (Wildman–Crippen MR) is 158 cm³/mol. The van der Waals surface area contributed by atoms with Gasteiger partial charge in [-0.15, -0.1) is 10.2 Å². The number of hydrogen-bond acceptors (Lipinski definition) is 8. The number of carbonyl (C=O) groups is 1. The van der Waals surface area contributed by atoms with Crippen molar-refractivity contribution in [2.24, 2.45) is 10.8 Å². The van der Waals surface area contributed by atoms with Crippen molar-refractivity contribution in [2.75, 3.05) is 32.9 Å². The molecule has 3 aromatic rings. The lowest BCUT2D eigenvalue weighted by atomic mass is 10.1. The molecular weight excluding hydrogens is 530 g/mol. The molecule has 3 N–H and O–H groups in total. The molecule has 218 valence electrons. The normalized spacial score (nSPS) is 13.2. The van der Waals surface area contributed by atoms with E-state index in [1.165, 1.54) is 24.3 Å². The first-order valence-corrected chi connectivity index (χ1v) is 12.9. The zero-order valence-corrected chi connectivity index (χ0v) is 23.8. The van der Waals surface area contributed by atoms with Gasteiger partial charge in [-0.2, -0.15) is 5.10 Å². The summed E-state index contributed by atoms with van der Waals surface area (Å²) < 4.78 is 35.7. The summed E-state index contributed by atoms with van der Waals surface area (Å²) in [5.74, 6) is 0.485.